The van der Waals surface area contributed by atoms with E-state index in [1.807, 2.05) is 12.1 Å². The van der Waals surface area contributed by atoms with E-state index in [4.69, 9.17) is 12.6 Å². The number of ether oxygens (including phenoxy) is 1. The summed E-state index contributed by atoms with van der Waals surface area (Å²) in [5.74, 6) is -1.36. The molecule has 25 heavy (non-hydrogen) atoms. The van der Waals surface area contributed by atoms with Crippen molar-refractivity contribution in [2.24, 2.45) is 0 Å². The van der Waals surface area contributed by atoms with Crippen molar-refractivity contribution < 1.29 is 13.5 Å². The van der Waals surface area contributed by atoms with Gasteiger partial charge in [0.15, 0.2) is 0 Å². The predicted octanol–water partition coefficient (Wildman–Crippen LogP) is 2.73. The molecular formula is C18H12BF2N3O. The fourth-order valence-electron chi connectivity index (χ4n) is 3.16. The number of nitriles is 2. The molecule has 0 aliphatic carbocycles. The molecule has 1 unspecified atom stereocenters. The topological polar surface area (TPSA) is 60.0 Å². The molecule has 0 fully saturated rings. The Kier molecular flexibility index (Phi) is 4.44. The molecule has 1 aliphatic heterocycles. The van der Waals surface area contributed by atoms with Gasteiger partial charge in [0.1, 0.15) is 37.2 Å². The molecule has 2 aromatic carbocycles. The van der Waals surface area contributed by atoms with Crippen LogP contribution in [0.5, 0.6) is 0 Å². The lowest BCUT2D eigenvalue weighted by Gasteiger charge is -2.36. The fourth-order valence-corrected chi connectivity index (χ4v) is 3.16. The van der Waals surface area contributed by atoms with Crippen molar-refractivity contribution in [2.75, 3.05) is 18.6 Å². The highest BCUT2D eigenvalue weighted by molar-refractivity contribution is 6.32. The van der Waals surface area contributed by atoms with Crippen LogP contribution in [-0.4, -0.2) is 21.5 Å². The highest BCUT2D eigenvalue weighted by atomic mass is 19.1. The Morgan fingerprint density at radius 1 is 1.24 bits per heavy atom. The van der Waals surface area contributed by atoms with Crippen molar-refractivity contribution in [3.8, 4) is 12.1 Å². The van der Waals surface area contributed by atoms with E-state index in [0.717, 1.165) is 6.07 Å². The first-order chi connectivity index (χ1) is 12.0. The summed E-state index contributed by atoms with van der Waals surface area (Å²) in [4.78, 5) is 1.64. The van der Waals surface area contributed by atoms with Crippen LogP contribution in [0.4, 0.5) is 20.2 Å². The Morgan fingerprint density at radius 3 is 2.64 bits per heavy atom. The van der Waals surface area contributed by atoms with Crippen molar-refractivity contribution in [1.29, 1.82) is 10.5 Å². The molecule has 122 valence electrons. The molecule has 1 heterocycles. The second kappa shape index (κ2) is 6.54. The zero-order valence-electron chi connectivity index (χ0n) is 13.4. The molecular weight excluding hydrogens is 323 g/mol. The van der Waals surface area contributed by atoms with E-state index in [9.17, 15) is 19.3 Å². The summed E-state index contributed by atoms with van der Waals surface area (Å²) in [5.41, 5.74) is 0.946. The van der Waals surface area contributed by atoms with Gasteiger partial charge in [0, 0.05) is 19.2 Å². The van der Waals surface area contributed by atoms with Crippen molar-refractivity contribution >= 4 is 24.7 Å². The van der Waals surface area contributed by atoms with Gasteiger partial charge in [0.2, 0.25) is 0 Å². The van der Waals surface area contributed by atoms with Crippen LogP contribution in [0.25, 0.3) is 0 Å². The van der Waals surface area contributed by atoms with Crippen LogP contribution in [0, 0.1) is 34.3 Å². The van der Waals surface area contributed by atoms with Crippen LogP contribution in [0.1, 0.15) is 29.2 Å². The minimum atomic E-state index is -0.809. The third-order valence-corrected chi connectivity index (χ3v) is 4.29. The maximum Gasteiger partial charge on any atom is 0.136 e. The van der Waals surface area contributed by atoms with Gasteiger partial charge in [-0.2, -0.15) is 10.5 Å². The lowest BCUT2D eigenvalue weighted by atomic mass is 9.90. The molecule has 0 bridgehead atoms. The molecule has 0 saturated carbocycles. The van der Waals surface area contributed by atoms with E-state index in [1.165, 1.54) is 25.3 Å². The van der Waals surface area contributed by atoms with Crippen molar-refractivity contribution in [3.63, 3.8) is 0 Å². The largest absolute Gasteiger partial charge is 0.377 e. The zero-order valence-corrected chi connectivity index (χ0v) is 13.4. The van der Waals surface area contributed by atoms with Gasteiger partial charge >= 0.3 is 0 Å². The quantitative estimate of drug-likeness (QED) is 0.792. The molecule has 0 saturated heterocycles. The van der Waals surface area contributed by atoms with Gasteiger partial charge in [0.25, 0.3) is 0 Å². The van der Waals surface area contributed by atoms with E-state index < -0.39 is 17.7 Å². The van der Waals surface area contributed by atoms with E-state index >= 15 is 0 Å². The molecule has 7 heteroatoms. The first kappa shape index (κ1) is 16.9. The SMILES string of the molecule is [B]c1ccc(N2CCC(OC)c3cc(F)cc(C#N)c32)c(C#N)c1F. The van der Waals surface area contributed by atoms with E-state index in [-0.39, 0.29) is 22.3 Å². The lowest BCUT2D eigenvalue weighted by molar-refractivity contribution is 0.0943. The summed E-state index contributed by atoms with van der Waals surface area (Å²) in [6.45, 7) is 0.379. The van der Waals surface area contributed by atoms with Gasteiger partial charge in [-0.25, -0.2) is 8.78 Å². The molecule has 0 aromatic heterocycles. The Labute approximate surface area is 145 Å². The van der Waals surface area contributed by atoms with Crippen molar-refractivity contribution in [1.82, 2.24) is 0 Å². The molecule has 1 atom stereocenters. The number of hydrogen-bond donors (Lipinski definition) is 0. The van der Waals surface area contributed by atoms with Crippen molar-refractivity contribution in [2.45, 2.75) is 12.5 Å². The maximum atomic E-state index is 14.3. The average Bonchev–Trinajstić information content (AvgIpc) is 2.62. The molecule has 0 spiro atoms. The normalized spacial score (nSPS) is 16.0. The third-order valence-electron chi connectivity index (χ3n) is 4.29. The molecule has 2 aromatic rings. The van der Waals surface area contributed by atoms with Gasteiger partial charge in [-0.1, -0.05) is 11.5 Å². The number of anilines is 2. The predicted molar refractivity (Wildman–Crippen MR) is 89.0 cm³/mol. The molecule has 0 N–H and O–H groups in total. The van der Waals surface area contributed by atoms with E-state index in [0.29, 0.717) is 24.2 Å². The lowest BCUT2D eigenvalue weighted by Crippen LogP contribution is -2.30. The van der Waals surface area contributed by atoms with Gasteiger partial charge in [-0.05, 0) is 24.6 Å². The number of fused-ring (bicyclic) bond motifs is 1. The van der Waals surface area contributed by atoms with Crippen molar-refractivity contribution in [3.05, 3.63) is 52.6 Å². The summed E-state index contributed by atoms with van der Waals surface area (Å²) in [6, 6.07) is 9.09. The van der Waals surface area contributed by atoms with Crippen LogP contribution in [0.2, 0.25) is 0 Å². The van der Waals surface area contributed by atoms with Crippen LogP contribution in [-0.2, 0) is 4.74 Å². The Morgan fingerprint density at radius 2 is 2.00 bits per heavy atom. The standard InChI is InChI=1S/C18H12BF2N3O/c1-25-16-4-5-24(15-3-2-14(19)17(21)13(15)9-23)18-10(8-22)6-11(20)7-12(16)18/h2-3,6-7,16H,4-5H2,1H3. The fraction of sp³-hybridized carbons (Fsp3) is 0.222. The number of hydrogen-bond acceptors (Lipinski definition) is 4. The number of benzene rings is 2. The second-order valence-corrected chi connectivity index (χ2v) is 5.64. The molecule has 3 rings (SSSR count). The monoisotopic (exact) mass is 335 g/mol. The third kappa shape index (κ3) is 2.73. The molecule has 1 aliphatic rings. The summed E-state index contributed by atoms with van der Waals surface area (Å²) in [5, 5.41) is 18.8. The first-order valence-corrected chi connectivity index (χ1v) is 7.53. The highest BCUT2D eigenvalue weighted by Crippen LogP contribution is 2.43. The Bertz CT molecular complexity index is 933. The van der Waals surface area contributed by atoms with E-state index in [1.54, 1.807) is 4.90 Å². The minimum Gasteiger partial charge on any atom is -0.377 e. The minimum absolute atomic E-state index is 0.0953. The molecule has 4 nitrogen and oxygen atoms in total. The molecule has 0 amide bonds. The summed E-state index contributed by atoms with van der Waals surface area (Å²) in [6.07, 6.45) is 0.104. The summed E-state index contributed by atoms with van der Waals surface area (Å²) in [7, 11) is 7.05. The number of nitrogens with zero attached hydrogens (tertiary/aromatic N) is 3. The van der Waals surface area contributed by atoms with Crippen LogP contribution < -0.4 is 10.4 Å². The zero-order chi connectivity index (χ0) is 18.1. The smallest absolute Gasteiger partial charge is 0.136 e. The summed E-state index contributed by atoms with van der Waals surface area (Å²) < 4.78 is 33.5. The highest BCUT2D eigenvalue weighted by Gasteiger charge is 2.31. The Hall–Kier alpha value is -2.90. The summed E-state index contributed by atoms with van der Waals surface area (Å²) >= 11 is 0. The van der Waals surface area contributed by atoms with Crippen LogP contribution in [0.3, 0.4) is 0 Å². The number of halogens is 2. The van der Waals surface area contributed by atoms with Gasteiger partial charge < -0.3 is 9.64 Å². The van der Waals surface area contributed by atoms with Gasteiger partial charge in [0.05, 0.1) is 23.0 Å². The first-order valence-electron chi connectivity index (χ1n) is 7.53. The maximum absolute atomic E-state index is 14.3. The Balaban J connectivity index is 2.28. The number of rotatable bonds is 2. The van der Waals surface area contributed by atoms with Gasteiger partial charge in [-0.3, -0.25) is 0 Å². The molecule has 2 radical (unpaired) electrons. The van der Waals surface area contributed by atoms with Gasteiger partial charge in [-0.15, -0.1) is 0 Å². The second-order valence-electron chi connectivity index (χ2n) is 5.64. The van der Waals surface area contributed by atoms with E-state index in [2.05, 4.69) is 0 Å². The average molecular weight is 335 g/mol. The number of methoxy groups -OCH3 is 1. The van der Waals surface area contributed by atoms with Crippen LogP contribution in [0.15, 0.2) is 24.3 Å². The van der Waals surface area contributed by atoms with Crippen LogP contribution >= 0.6 is 0 Å².